The van der Waals surface area contributed by atoms with Crippen molar-refractivity contribution >= 4 is 12.8 Å². The normalized spacial score (nSPS) is 26.1. The van der Waals surface area contributed by atoms with E-state index < -0.39 is 0 Å². The van der Waals surface area contributed by atoms with Crippen molar-refractivity contribution in [3.8, 4) is 11.3 Å². The van der Waals surface area contributed by atoms with Crippen molar-refractivity contribution in [2.45, 2.75) is 77.6 Å². The third kappa shape index (κ3) is 3.08. The molecule has 2 aromatic heterocycles. The minimum Gasteiger partial charge on any atom is -0.308 e. The van der Waals surface area contributed by atoms with Crippen LogP contribution in [0.1, 0.15) is 65.9 Å². The molecular weight excluding hydrogens is 367 g/mol. The third-order valence-corrected chi connectivity index (χ3v) is 8.33. The van der Waals surface area contributed by atoms with Gasteiger partial charge in [0, 0.05) is 24.4 Å². The molecule has 160 valence electrons. The van der Waals surface area contributed by atoms with E-state index in [4.69, 9.17) is 4.98 Å². The molecule has 0 N–H and O–H groups in total. The predicted octanol–water partition coefficient (Wildman–Crippen LogP) is 4.93. The SMILES string of the molecule is CCCCc1ccc(-c2cc[n+]3c(c2)N2CCN(C)B2C(C)(CC)C3(C)CC)nc1. The van der Waals surface area contributed by atoms with Crippen LogP contribution in [0.2, 0.25) is 5.31 Å². The smallest absolute Gasteiger partial charge is 0.308 e. The number of likely N-dealkylation sites (N-methyl/N-ethyl adjacent to an activating group) is 1. The van der Waals surface area contributed by atoms with Gasteiger partial charge in [0.15, 0.2) is 0 Å². The molecule has 1 fully saturated rings. The number of hydrogen-bond acceptors (Lipinski definition) is 3. The summed E-state index contributed by atoms with van der Waals surface area (Å²) in [5.41, 5.74) is 3.71. The van der Waals surface area contributed by atoms with Crippen LogP contribution >= 0.6 is 0 Å². The lowest BCUT2D eigenvalue weighted by Gasteiger charge is -2.51. The zero-order chi connectivity index (χ0) is 21.5. The fraction of sp³-hybridized carbons (Fsp3) is 0.600. The van der Waals surface area contributed by atoms with Crippen molar-refractivity contribution in [3.63, 3.8) is 0 Å². The van der Waals surface area contributed by atoms with Crippen molar-refractivity contribution in [2.24, 2.45) is 0 Å². The molecule has 4 rings (SSSR count). The number of aromatic nitrogens is 2. The zero-order valence-corrected chi connectivity index (χ0v) is 19.8. The lowest BCUT2D eigenvalue weighted by molar-refractivity contribution is -0.759. The second-order valence-corrected chi connectivity index (χ2v) is 9.74. The molecule has 5 heteroatoms. The van der Waals surface area contributed by atoms with Gasteiger partial charge < -0.3 is 4.81 Å². The van der Waals surface area contributed by atoms with Crippen LogP contribution in [-0.2, 0) is 12.0 Å². The fourth-order valence-electron chi connectivity index (χ4n) is 5.92. The topological polar surface area (TPSA) is 23.2 Å². The van der Waals surface area contributed by atoms with E-state index in [1.807, 2.05) is 0 Å². The van der Waals surface area contributed by atoms with Crippen LogP contribution in [0.3, 0.4) is 0 Å². The number of nitrogens with zero attached hydrogens (tertiary/aromatic N) is 4. The molecular formula is C25H38BN4+. The Kier molecular flexibility index (Phi) is 5.69. The molecule has 30 heavy (non-hydrogen) atoms. The Bertz CT molecular complexity index is 899. The number of fused-ring (bicyclic) bond motifs is 3. The highest BCUT2D eigenvalue weighted by atomic mass is 15.4. The number of unbranched alkanes of at least 4 members (excludes halogenated alkanes) is 1. The van der Waals surface area contributed by atoms with Gasteiger partial charge in [0.25, 0.3) is 5.82 Å². The average Bonchev–Trinajstić information content (AvgIpc) is 3.18. The van der Waals surface area contributed by atoms with Crippen LogP contribution in [-0.4, -0.2) is 36.9 Å². The van der Waals surface area contributed by atoms with Crippen LogP contribution in [0.4, 0.5) is 5.82 Å². The summed E-state index contributed by atoms with van der Waals surface area (Å²) in [5.74, 6) is 1.34. The van der Waals surface area contributed by atoms with Gasteiger partial charge >= 0.3 is 6.98 Å². The summed E-state index contributed by atoms with van der Waals surface area (Å²) in [4.78, 5) is 10.0. The lowest BCUT2D eigenvalue weighted by atomic mass is 9.40. The van der Waals surface area contributed by atoms with E-state index in [2.05, 4.69) is 92.5 Å². The van der Waals surface area contributed by atoms with Gasteiger partial charge in [0.2, 0.25) is 0 Å². The van der Waals surface area contributed by atoms with Crippen LogP contribution in [0.25, 0.3) is 11.3 Å². The number of aryl methyl sites for hydroxylation is 1. The van der Waals surface area contributed by atoms with Crippen molar-refractivity contribution in [1.82, 2.24) is 9.79 Å². The first-order valence-electron chi connectivity index (χ1n) is 11.9. The molecule has 2 atom stereocenters. The van der Waals surface area contributed by atoms with Gasteiger partial charge in [-0.2, -0.15) is 0 Å². The molecule has 1 saturated heterocycles. The Morgan fingerprint density at radius 1 is 1.10 bits per heavy atom. The molecule has 2 aromatic rings. The molecule has 0 bridgehead atoms. The monoisotopic (exact) mass is 405 g/mol. The van der Waals surface area contributed by atoms with Gasteiger partial charge in [0.05, 0.1) is 23.7 Å². The highest BCUT2D eigenvalue weighted by molar-refractivity contribution is 6.64. The van der Waals surface area contributed by atoms with Gasteiger partial charge in [-0.05, 0) is 57.4 Å². The summed E-state index contributed by atoms with van der Waals surface area (Å²) in [6.07, 6.45) is 10.2. The summed E-state index contributed by atoms with van der Waals surface area (Å²) in [7, 11) is 2.30. The Balaban J connectivity index is 1.78. The van der Waals surface area contributed by atoms with Crippen LogP contribution in [0, 0.1) is 0 Å². The molecule has 0 amide bonds. The molecule has 4 heterocycles. The van der Waals surface area contributed by atoms with Gasteiger partial charge in [0.1, 0.15) is 5.54 Å². The predicted molar refractivity (Wildman–Crippen MR) is 127 cm³/mol. The molecule has 2 aliphatic heterocycles. The minimum absolute atomic E-state index is 0.0762. The van der Waals surface area contributed by atoms with Gasteiger partial charge in [-0.3, -0.25) is 9.79 Å². The first kappa shape index (κ1) is 21.4. The van der Waals surface area contributed by atoms with Crippen molar-refractivity contribution in [1.29, 1.82) is 0 Å². The average molecular weight is 405 g/mol. The minimum atomic E-state index is 0.0762. The van der Waals surface area contributed by atoms with E-state index in [1.165, 1.54) is 29.8 Å². The molecule has 0 spiro atoms. The second-order valence-electron chi connectivity index (χ2n) is 9.74. The fourth-order valence-corrected chi connectivity index (χ4v) is 5.92. The maximum atomic E-state index is 4.81. The van der Waals surface area contributed by atoms with Crippen molar-refractivity contribution in [3.05, 3.63) is 42.2 Å². The molecule has 0 aliphatic carbocycles. The molecule has 0 aromatic carbocycles. The van der Waals surface area contributed by atoms with Crippen LogP contribution in [0.15, 0.2) is 36.7 Å². The Labute approximate surface area is 183 Å². The maximum Gasteiger partial charge on any atom is 0.474 e. The number of pyridine rings is 2. The van der Waals surface area contributed by atoms with Gasteiger partial charge in [-0.1, -0.05) is 40.2 Å². The molecule has 0 saturated carbocycles. The van der Waals surface area contributed by atoms with Gasteiger partial charge in [-0.25, -0.2) is 4.57 Å². The van der Waals surface area contributed by atoms with E-state index >= 15 is 0 Å². The van der Waals surface area contributed by atoms with Crippen LogP contribution < -0.4 is 9.38 Å². The zero-order valence-electron chi connectivity index (χ0n) is 19.8. The van der Waals surface area contributed by atoms with E-state index in [0.717, 1.165) is 38.0 Å². The number of anilines is 1. The number of rotatable bonds is 6. The quantitative estimate of drug-likeness (QED) is 0.503. The highest BCUT2D eigenvalue weighted by Gasteiger charge is 2.67. The third-order valence-electron chi connectivity index (χ3n) is 8.33. The summed E-state index contributed by atoms with van der Waals surface area (Å²) >= 11 is 0. The Hall–Kier alpha value is -1.88. The second kappa shape index (κ2) is 7.99. The van der Waals surface area contributed by atoms with E-state index in [1.54, 1.807) is 0 Å². The largest absolute Gasteiger partial charge is 0.474 e. The van der Waals surface area contributed by atoms with Crippen molar-refractivity contribution in [2.75, 3.05) is 24.9 Å². The Morgan fingerprint density at radius 2 is 1.90 bits per heavy atom. The standard InChI is InChI=1S/C25H38BN4/c1-7-10-11-20-12-13-22(27-19-20)21-14-15-29-23(18-21)30-17-16-28(6)26(30)24(4,8-2)25(29,5)9-3/h12-15,18-19H,7-11,16-17H2,1-6H3/q+1. The van der Waals surface area contributed by atoms with Crippen molar-refractivity contribution < 1.29 is 4.57 Å². The summed E-state index contributed by atoms with van der Waals surface area (Å²) in [6, 6.07) is 9.09. The highest BCUT2D eigenvalue weighted by Crippen LogP contribution is 2.54. The van der Waals surface area contributed by atoms with E-state index in [-0.39, 0.29) is 10.9 Å². The summed E-state index contributed by atoms with van der Waals surface area (Å²) in [6.45, 7) is 14.6. The number of hydrogen-bond donors (Lipinski definition) is 0. The summed E-state index contributed by atoms with van der Waals surface area (Å²) < 4.78 is 2.56. The maximum absolute atomic E-state index is 4.81. The first-order chi connectivity index (χ1) is 14.4. The molecule has 4 nitrogen and oxygen atoms in total. The van der Waals surface area contributed by atoms with E-state index in [0.29, 0.717) is 6.98 Å². The van der Waals surface area contributed by atoms with Crippen LogP contribution in [0.5, 0.6) is 0 Å². The molecule has 0 radical (unpaired) electrons. The molecule has 2 aliphatic rings. The van der Waals surface area contributed by atoms with E-state index in [9.17, 15) is 0 Å². The Morgan fingerprint density at radius 3 is 2.53 bits per heavy atom. The van der Waals surface area contributed by atoms with Gasteiger partial charge in [-0.15, -0.1) is 0 Å². The molecule has 2 unspecified atom stereocenters. The summed E-state index contributed by atoms with van der Waals surface area (Å²) in [5, 5.41) is 0.186. The lowest BCUT2D eigenvalue weighted by Crippen LogP contribution is -2.74. The first-order valence-corrected chi connectivity index (χ1v) is 11.9.